The summed E-state index contributed by atoms with van der Waals surface area (Å²) in [5.74, 6) is -0.261. The summed E-state index contributed by atoms with van der Waals surface area (Å²) in [6.07, 6.45) is -4.70. The van der Waals surface area contributed by atoms with Crippen LogP contribution in [0.2, 0.25) is 0 Å². The summed E-state index contributed by atoms with van der Waals surface area (Å²) in [5, 5.41) is 0. The molecule has 2 N–H and O–H groups in total. The number of ether oxygens (including phenoxy) is 1. The first-order chi connectivity index (χ1) is 8.83. The Morgan fingerprint density at radius 2 is 1.74 bits per heavy atom. The molecule has 2 rings (SSSR count). The smallest absolute Gasteiger partial charge is 0.406 e. The highest BCUT2D eigenvalue weighted by molar-refractivity contribution is 9.10. The van der Waals surface area contributed by atoms with Crippen LogP contribution < -0.4 is 10.5 Å². The van der Waals surface area contributed by atoms with Crippen LogP contribution in [0, 0.1) is 0 Å². The molecule has 0 amide bonds. The van der Waals surface area contributed by atoms with Gasteiger partial charge in [0.1, 0.15) is 5.75 Å². The van der Waals surface area contributed by atoms with Gasteiger partial charge in [-0.1, -0.05) is 28.1 Å². The summed E-state index contributed by atoms with van der Waals surface area (Å²) >= 11 is 3.29. The van der Waals surface area contributed by atoms with Gasteiger partial charge in [-0.25, -0.2) is 0 Å². The summed E-state index contributed by atoms with van der Waals surface area (Å²) in [7, 11) is 0. The highest BCUT2D eigenvalue weighted by atomic mass is 79.9. The molecule has 0 heterocycles. The van der Waals surface area contributed by atoms with Gasteiger partial charge in [-0.2, -0.15) is 0 Å². The molecule has 0 spiro atoms. The number of hydrogen-bond acceptors (Lipinski definition) is 2. The third-order valence-corrected chi connectivity index (χ3v) is 2.78. The molecular formula is C13H9BrF3NO. The number of anilines is 1. The van der Waals surface area contributed by atoms with Gasteiger partial charge in [0, 0.05) is 10.2 Å². The van der Waals surface area contributed by atoms with Crippen molar-refractivity contribution in [3.05, 3.63) is 46.9 Å². The van der Waals surface area contributed by atoms with Gasteiger partial charge >= 0.3 is 6.36 Å². The monoisotopic (exact) mass is 331 g/mol. The lowest BCUT2D eigenvalue weighted by atomic mass is 10.1. The number of nitrogens with two attached hydrogens (primary N) is 1. The van der Waals surface area contributed by atoms with Crippen LogP contribution in [0.25, 0.3) is 11.1 Å². The molecule has 0 unspecified atom stereocenters. The van der Waals surface area contributed by atoms with Gasteiger partial charge in [0.25, 0.3) is 0 Å². The Morgan fingerprint density at radius 1 is 1.00 bits per heavy atom. The minimum Gasteiger partial charge on any atom is -0.406 e. The normalized spacial score (nSPS) is 11.4. The molecule has 0 aromatic heterocycles. The molecule has 6 heteroatoms. The van der Waals surface area contributed by atoms with E-state index in [1.165, 1.54) is 18.2 Å². The molecule has 0 radical (unpaired) electrons. The van der Waals surface area contributed by atoms with E-state index in [9.17, 15) is 13.2 Å². The summed E-state index contributed by atoms with van der Waals surface area (Å²) in [6, 6.07) is 10.9. The minimum atomic E-state index is -4.70. The molecule has 2 aromatic carbocycles. The van der Waals surface area contributed by atoms with Crippen LogP contribution in [0.4, 0.5) is 18.9 Å². The molecule has 2 nitrogen and oxygen atoms in total. The van der Waals surface area contributed by atoms with Gasteiger partial charge in [0.2, 0.25) is 0 Å². The number of hydrogen-bond donors (Lipinski definition) is 1. The van der Waals surface area contributed by atoms with Crippen molar-refractivity contribution in [2.75, 3.05) is 5.73 Å². The number of halogens is 4. The number of alkyl halides is 3. The van der Waals surface area contributed by atoms with Gasteiger partial charge in [-0.05, 0) is 41.5 Å². The Bertz CT molecular complexity index is 578. The van der Waals surface area contributed by atoms with Crippen LogP contribution in [-0.2, 0) is 0 Å². The summed E-state index contributed by atoms with van der Waals surface area (Å²) < 4.78 is 41.1. The molecule has 100 valence electrons. The fraction of sp³-hybridized carbons (Fsp3) is 0.0769. The average Bonchev–Trinajstić information content (AvgIpc) is 2.25. The summed E-state index contributed by atoms with van der Waals surface area (Å²) in [6.45, 7) is 0. The molecule has 19 heavy (non-hydrogen) atoms. The number of nitrogen functional groups attached to an aromatic ring is 1. The van der Waals surface area contributed by atoms with Crippen molar-refractivity contribution in [3.63, 3.8) is 0 Å². The Hall–Kier alpha value is -1.69. The maximum atomic E-state index is 12.2. The number of rotatable bonds is 2. The average molecular weight is 332 g/mol. The largest absolute Gasteiger partial charge is 0.573 e. The van der Waals surface area contributed by atoms with Crippen LogP contribution in [0.3, 0.4) is 0 Å². The maximum Gasteiger partial charge on any atom is 0.573 e. The second-order valence-electron chi connectivity index (χ2n) is 3.85. The van der Waals surface area contributed by atoms with Gasteiger partial charge in [-0.15, -0.1) is 13.2 Å². The van der Waals surface area contributed by atoms with E-state index in [0.29, 0.717) is 16.8 Å². The molecule has 0 aliphatic rings. The summed E-state index contributed by atoms with van der Waals surface area (Å²) in [5.41, 5.74) is 7.52. The topological polar surface area (TPSA) is 35.2 Å². The minimum absolute atomic E-state index is 0.261. The Labute approximate surface area is 116 Å². The fourth-order valence-corrected chi connectivity index (χ4v) is 2.16. The SMILES string of the molecule is Nc1cc(Br)cc(-c2cccc(OC(F)(F)F)c2)c1. The highest BCUT2D eigenvalue weighted by Gasteiger charge is 2.31. The second-order valence-corrected chi connectivity index (χ2v) is 4.76. The van der Waals surface area contributed by atoms with Gasteiger partial charge in [0.15, 0.2) is 0 Å². The molecule has 2 aromatic rings. The Morgan fingerprint density at radius 3 is 2.37 bits per heavy atom. The second kappa shape index (κ2) is 5.13. The van der Waals surface area contributed by atoms with Gasteiger partial charge in [0.05, 0.1) is 0 Å². The Kier molecular flexibility index (Phi) is 3.71. The van der Waals surface area contributed by atoms with Crippen LogP contribution >= 0.6 is 15.9 Å². The quantitative estimate of drug-likeness (QED) is 0.816. The highest BCUT2D eigenvalue weighted by Crippen LogP contribution is 2.30. The standard InChI is InChI=1S/C13H9BrF3NO/c14-10-4-9(5-11(18)7-10)8-2-1-3-12(6-8)19-13(15,16)17/h1-7H,18H2. The van der Waals surface area contributed by atoms with E-state index in [-0.39, 0.29) is 5.75 Å². The molecule has 0 aliphatic heterocycles. The van der Waals surface area contributed by atoms with E-state index in [1.807, 2.05) is 0 Å². The molecule has 0 aliphatic carbocycles. The van der Waals surface area contributed by atoms with Crippen molar-refractivity contribution in [1.82, 2.24) is 0 Å². The zero-order chi connectivity index (χ0) is 14.0. The van der Waals surface area contributed by atoms with Crippen LogP contribution in [0.5, 0.6) is 5.75 Å². The molecule has 0 saturated heterocycles. The molecule has 0 atom stereocenters. The van der Waals surface area contributed by atoms with Gasteiger partial charge < -0.3 is 10.5 Å². The van der Waals surface area contributed by atoms with Crippen molar-refractivity contribution >= 4 is 21.6 Å². The lowest BCUT2D eigenvalue weighted by molar-refractivity contribution is -0.274. The predicted molar refractivity (Wildman–Crippen MR) is 70.7 cm³/mol. The van der Waals surface area contributed by atoms with E-state index < -0.39 is 6.36 Å². The van der Waals surface area contributed by atoms with Crippen LogP contribution in [-0.4, -0.2) is 6.36 Å². The van der Waals surface area contributed by atoms with Gasteiger partial charge in [-0.3, -0.25) is 0 Å². The van der Waals surface area contributed by atoms with E-state index in [4.69, 9.17) is 5.73 Å². The first-order valence-electron chi connectivity index (χ1n) is 5.26. The molecule has 0 bridgehead atoms. The predicted octanol–water partition coefficient (Wildman–Crippen LogP) is 4.60. The molecule has 0 fully saturated rings. The third kappa shape index (κ3) is 3.89. The van der Waals surface area contributed by atoms with Crippen molar-refractivity contribution in [3.8, 4) is 16.9 Å². The van der Waals surface area contributed by atoms with E-state index in [0.717, 1.165) is 4.47 Å². The van der Waals surface area contributed by atoms with E-state index in [2.05, 4.69) is 20.7 Å². The van der Waals surface area contributed by atoms with Crippen molar-refractivity contribution in [2.24, 2.45) is 0 Å². The van der Waals surface area contributed by atoms with Crippen molar-refractivity contribution in [1.29, 1.82) is 0 Å². The zero-order valence-corrected chi connectivity index (χ0v) is 11.1. The van der Waals surface area contributed by atoms with Crippen LogP contribution in [0.15, 0.2) is 46.9 Å². The molecule has 0 saturated carbocycles. The fourth-order valence-electron chi connectivity index (χ4n) is 1.65. The maximum absolute atomic E-state index is 12.2. The first-order valence-corrected chi connectivity index (χ1v) is 6.05. The Balaban J connectivity index is 2.37. The van der Waals surface area contributed by atoms with E-state index in [1.54, 1.807) is 24.3 Å². The third-order valence-electron chi connectivity index (χ3n) is 2.32. The first kappa shape index (κ1) is 13.7. The van der Waals surface area contributed by atoms with Crippen molar-refractivity contribution < 1.29 is 17.9 Å². The van der Waals surface area contributed by atoms with E-state index >= 15 is 0 Å². The summed E-state index contributed by atoms with van der Waals surface area (Å²) in [4.78, 5) is 0. The zero-order valence-electron chi connectivity index (χ0n) is 9.54. The lowest BCUT2D eigenvalue weighted by Gasteiger charge is -2.10. The van der Waals surface area contributed by atoms with Crippen LogP contribution in [0.1, 0.15) is 0 Å². The number of benzene rings is 2. The lowest BCUT2D eigenvalue weighted by Crippen LogP contribution is -2.17. The van der Waals surface area contributed by atoms with Crippen molar-refractivity contribution in [2.45, 2.75) is 6.36 Å². The molecular weight excluding hydrogens is 323 g/mol.